The lowest BCUT2D eigenvalue weighted by molar-refractivity contribution is -0.124. The van der Waals surface area contributed by atoms with Crippen molar-refractivity contribution in [1.82, 2.24) is 15.1 Å². The highest BCUT2D eigenvalue weighted by atomic mass is 16.2. The Morgan fingerprint density at radius 3 is 2.54 bits per heavy atom. The highest BCUT2D eigenvalue weighted by Crippen LogP contribution is 2.41. The molecule has 1 saturated carbocycles. The van der Waals surface area contributed by atoms with Crippen LogP contribution in [0, 0.1) is 0 Å². The van der Waals surface area contributed by atoms with Crippen molar-refractivity contribution in [3.63, 3.8) is 0 Å². The molecule has 2 amide bonds. The number of rotatable bonds is 9. The zero-order chi connectivity index (χ0) is 20.0. The van der Waals surface area contributed by atoms with E-state index in [1.165, 1.54) is 6.42 Å². The van der Waals surface area contributed by atoms with E-state index in [4.69, 9.17) is 0 Å². The summed E-state index contributed by atoms with van der Waals surface area (Å²) in [4.78, 5) is 30.2. The van der Waals surface area contributed by atoms with E-state index in [-0.39, 0.29) is 17.4 Å². The molecule has 1 aliphatic heterocycles. The zero-order valence-corrected chi connectivity index (χ0v) is 17.5. The summed E-state index contributed by atoms with van der Waals surface area (Å²) in [6.45, 7) is 8.79. The Kier molecular flexibility index (Phi) is 7.11. The minimum atomic E-state index is -0.322. The predicted molar refractivity (Wildman–Crippen MR) is 112 cm³/mol. The Labute approximate surface area is 169 Å². The smallest absolute Gasteiger partial charge is 0.254 e. The number of fused-ring (bicyclic) bond motifs is 1. The van der Waals surface area contributed by atoms with Gasteiger partial charge in [0.15, 0.2) is 0 Å². The highest BCUT2D eigenvalue weighted by molar-refractivity contribution is 5.99. The van der Waals surface area contributed by atoms with Crippen molar-refractivity contribution in [3.05, 3.63) is 35.4 Å². The van der Waals surface area contributed by atoms with Crippen LogP contribution in [0.4, 0.5) is 0 Å². The lowest BCUT2D eigenvalue weighted by atomic mass is 9.77. The molecule has 1 N–H and O–H groups in total. The van der Waals surface area contributed by atoms with Crippen molar-refractivity contribution in [2.45, 2.75) is 70.9 Å². The summed E-state index contributed by atoms with van der Waals surface area (Å²) in [6, 6.07) is 7.88. The largest absolute Gasteiger partial charge is 0.356 e. The molecule has 3 rings (SSSR count). The Balaban J connectivity index is 1.61. The SMILES string of the molecule is CCN(CC)CCCNC(=O)CC1(N2Cc3ccccc3C2=O)CCCCC1. The number of hydrogen-bond donors (Lipinski definition) is 1. The fourth-order valence-electron chi connectivity index (χ4n) is 4.82. The number of carbonyl (C=O) groups excluding carboxylic acids is 2. The molecular formula is C23H35N3O2. The summed E-state index contributed by atoms with van der Waals surface area (Å²) >= 11 is 0. The van der Waals surface area contributed by atoms with E-state index in [2.05, 4.69) is 24.1 Å². The number of hydrogen-bond acceptors (Lipinski definition) is 3. The molecule has 5 heteroatoms. The van der Waals surface area contributed by atoms with Crippen molar-refractivity contribution < 1.29 is 9.59 Å². The highest BCUT2D eigenvalue weighted by Gasteiger charge is 2.45. The molecule has 5 nitrogen and oxygen atoms in total. The van der Waals surface area contributed by atoms with Gasteiger partial charge in [0.1, 0.15) is 0 Å². The first kappa shape index (κ1) is 20.8. The fraction of sp³-hybridized carbons (Fsp3) is 0.652. The van der Waals surface area contributed by atoms with E-state index >= 15 is 0 Å². The molecule has 0 aromatic heterocycles. The van der Waals surface area contributed by atoms with Crippen molar-refractivity contribution in [3.8, 4) is 0 Å². The first-order chi connectivity index (χ1) is 13.6. The Morgan fingerprint density at radius 2 is 1.86 bits per heavy atom. The number of amides is 2. The average molecular weight is 386 g/mol. The van der Waals surface area contributed by atoms with Crippen LogP contribution in [-0.2, 0) is 11.3 Å². The monoisotopic (exact) mass is 385 g/mol. The third-order valence-corrected chi connectivity index (χ3v) is 6.54. The quantitative estimate of drug-likeness (QED) is 0.661. The van der Waals surface area contributed by atoms with Gasteiger partial charge in [0, 0.05) is 25.1 Å². The van der Waals surface area contributed by atoms with Gasteiger partial charge in [0.05, 0.1) is 5.54 Å². The average Bonchev–Trinajstić information content (AvgIpc) is 3.06. The number of nitrogens with zero attached hydrogens (tertiary/aromatic N) is 2. The van der Waals surface area contributed by atoms with Crippen LogP contribution in [0.15, 0.2) is 24.3 Å². The summed E-state index contributed by atoms with van der Waals surface area (Å²) in [6.07, 6.45) is 6.64. The molecule has 154 valence electrons. The topological polar surface area (TPSA) is 52.7 Å². The van der Waals surface area contributed by atoms with Crippen LogP contribution in [0.5, 0.6) is 0 Å². The predicted octanol–water partition coefficient (Wildman–Crippen LogP) is 3.58. The maximum absolute atomic E-state index is 13.1. The number of nitrogens with one attached hydrogen (secondary N) is 1. The minimum absolute atomic E-state index is 0.0882. The van der Waals surface area contributed by atoms with Crippen LogP contribution in [0.3, 0.4) is 0 Å². The van der Waals surface area contributed by atoms with Crippen LogP contribution in [0.25, 0.3) is 0 Å². The second-order valence-corrected chi connectivity index (χ2v) is 8.24. The maximum Gasteiger partial charge on any atom is 0.254 e. The van der Waals surface area contributed by atoms with Gasteiger partial charge in [-0.2, -0.15) is 0 Å². The van der Waals surface area contributed by atoms with Gasteiger partial charge in [-0.25, -0.2) is 0 Å². The van der Waals surface area contributed by atoms with Crippen LogP contribution >= 0.6 is 0 Å². The number of carbonyl (C=O) groups is 2. The number of benzene rings is 1. The molecule has 0 radical (unpaired) electrons. The minimum Gasteiger partial charge on any atom is -0.356 e. The van der Waals surface area contributed by atoms with Gasteiger partial charge >= 0.3 is 0 Å². The molecule has 2 aliphatic rings. The third kappa shape index (κ3) is 4.57. The lowest BCUT2D eigenvalue weighted by Crippen LogP contribution is -2.52. The Morgan fingerprint density at radius 1 is 1.14 bits per heavy atom. The van der Waals surface area contributed by atoms with Crippen molar-refractivity contribution >= 4 is 11.8 Å². The van der Waals surface area contributed by atoms with Gasteiger partial charge in [-0.15, -0.1) is 0 Å². The molecule has 0 saturated heterocycles. The maximum atomic E-state index is 13.1. The van der Waals surface area contributed by atoms with E-state index in [0.29, 0.717) is 19.5 Å². The molecule has 0 atom stereocenters. The normalized spacial score (nSPS) is 18.4. The summed E-state index contributed by atoms with van der Waals surface area (Å²) < 4.78 is 0. The molecule has 0 bridgehead atoms. The second-order valence-electron chi connectivity index (χ2n) is 8.24. The van der Waals surface area contributed by atoms with Crippen LogP contribution in [-0.4, -0.2) is 53.3 Å². The summed E-state index contributed by atoms with van der Waals surface area (Å²) in [5.74, 6) is 0.192. The Bertz CT molecular complexity index is 678. The Hall–Kier alpha value is -1.88. The van der Waals surface area contributed by atoms with Crippen molar-refractivity contribution in [2.75, 3.05) is 26.2 Å². The van der Waals surface area contributed by atoms with Crippen LogP contribution < -0.4 is 5.32 Å². The molecule has 0 spiro atoms. The van der Waals surface area contributed by atoms with E-state index in [9.17, 15) is 9.59 Å². The first-order valence-corrected chi connectivity index (χ1v) is 11.0. The zero-order valence-electron chi connectivity index (χ0n) is 17.5. The summed E-state index contributed by atoms with van der Waals surface area (Å²) in [7, 11) is 0. The van der Waals surface area contributed by atoms with Crippen molar-refractivity contribution in [2.24, 2.45) is 0 Å². The molecule has 28 heavy (non-hydrogen) atoms. The summed E-state index contributed by atoms with van der Waals surface area (Å²) in [5, 5.41) is 3.11. The molecule has 1 heterocycles. The van der Waals surface area contributed by atoms with E-state index in [0.717, 1.165) is 62.9 Å². The van der Waals surface area contributed by atoms with Gasteiger partial charge in [-0.1, -0.05) is 51.3 Å². The molecule has 0 unspecified atom stereocenters. The second kappa shape index (κ2) is 9.55. The third-order valence-electron chi connectivity index (χ3n) is 6.54. The van der Waals surface area contributed by atoms with Crippen molar-refractivity contribution in [1.29, 1.82) is 0 Å². The molecule has 1 aromatic rings. The van der Waals surface area contributed by atoms with Gasteiger partial charge in [0.25, 0.3) is 5.91 Å². The van der Waals surface area contributed by atoms with E-state index < -0.39 is 0 Å². The van der Waals surface area contributed by atoms with Gasteiger partial charge in [-0.05, 0) is 50.5 Å². The molecular weight excluding hydrogens is 350 g/mol. The van der Waals surface area contributed by atoms with Gasteiger partial charge in [0.2, 0.25) is 5.91 Å². The molecule has 1 aliphatic carbocycles. The molecule has 1 aromatic carbocycles. The standard InChI is InChI=1S/C23H35N3O2/c1-3-25(4-2)16-10-15-24-21(27)17-23(13-8-5-9-14-23)26-18-19-11-6-7-12-20(19)22(26)28/h6-7,11-12H,3-5,8-10,13-18H2,1-2H3,(H,24,27). The summed E-state index contributed by atoms with van der Waals surface area (Å²) in [5.41, 5.74) is 1.58. The van der Waals surface area contributed by atoms with E-state index in [1.807, 2.05) is 29.2 Å². The lowest BCUT2D eigenvalue weighted by Gasteiger charge is -2.44. The van der Waals surface area contributed by atoms with Gasteiger partial charge < -0.3 is 15.1 Å². The fourth-order valence-corrected chi connectivity index (χ4v) is 4.82. The molecule has 1 fully saturated rings. The van der Waals surface area contributed by atoms with Crippen LogP contribution in [0.1, 0.15) is 74.7 Å². The first-order valence-electron chi connectivity index (χ1n) is 11.0. The van der Waals surface area contributed by atoms with Crippen LogP contribution in [0.2, 0.25) is 0 Å². The van der Waals surface area contributed by atoms with E-state index in [1.54, 1.807) is 0 Å². The van der Waals surface area contributed by atoms with Gasteiger partial charge in [-0.3, -0.25) is 9.59 Å².